The molecule has 0 spiro atoms. The van der Waals surface area contributed by atoms with E-state index in [4.69, 9.17) is 11.6 Å². The molecule has 0 aliphatic rings. The molecule has 6 heteroatoms. The minimum atomic E-state index is -0.369. The van der Waals surface area contributed by atoms with Crippen LogP contribution in [0.25, 0.3) is 0 Å². The standard InChI is InChI=1S/C15H14BrClN2O2/c1-9-5-14(15(19(20)21)6-10(9)2)18-8-11-3-4-13(17)12(16)7-11/h3-7,18H,8H2,1-2H3. The summed E-state index contributed by atoms with van der Waals surface area (Å²) in [6.45, 7) is 4.28. The van der Waals surface area contributed by atoms with Crippen molar-refractivity contribution in [1.82, 2.24) is 0 Å². The zero-order chi connectivity index (χ0) is 15.6. The summed E-state index contributed by atoms with van der Waals surface area (Å²) in [5, 5.41) is 14.9. The molecule has 2 rings (SSSR count). The van der Waals surface area contributed by atoms with Crippen molar-refractivity contribution in [2.45, 2.75) is 20.4 Å². The molecular weight excluding hydrogens is 356 g/mol. The molecule has 0 heterocycles. The van der Waals surface area contributed by atoms with Gasteiger partial charge in [-0.1, -0.05) is 17.7 Å². The van der Waals surface area contributed by atoms with Crippen LogP contribution in [0.1, 0.15) is 16.7 Å². The Morgan fingerprint density at radius 2 is 1.90 bits per heavy atom. The van der Waals surface area contributed by atoms with E-state index in [1.54, 1.807) is 18.2 Å². The molecule has 21 heavy (non-hydrogen) atoms. The van der Waals surface area contributed by atoms with Gasteiger partial charge in [0.1, 0.15) is 5.69 Å². The van der Waals surface area contributed by atoms with Crippen LogP contribution < -0.4 is 5.32 Å². The van der Waals surface area contributed by atoms with Crippen molar-refractivity contribution in [2.75, 3.05) is 5.32 Å². The van der Waals surface area contributed by atoms with Gasteiger partial charge in [0.25, 0.3) is 5.69 Å². The predicted octanol–water partition coefficient (Wildman–Crippen LogP) is 5.24. The van der Waals surface area contributed by atoms with E-state index in [1.807, 2.05) is 26.0 Å². The lowest BCUT2D eigenvalue weighted by atomic mass is 10.1. The second-order valence-corrected chi connectivity index (χ2v) is 6.07. The van der Waals surface area contributed by atoms with Crippen molar-refractivity contribution in [1.29, 1.82) is 0 Å². The predicted molar refractivity (Wildman–Crippen MR) is 89.0 cm³/mol. The van der Waals surface area contributed by atoms with E-state index in [0.717, 1.165) is 21.2 Å². The van der Waals surface area contributed by atoms with Gasteiger partial charge in [0.15, 0.2) is 0 Å². The summed E-state index contributed by atoms with van der Waals surface area (Å²) >= 11 is 9.31. The van der Waals surface area contributed by atoms with Crippen LogP contribution in [0.3, 0.4) is 0 Å². The van der Waals surface area contributed by atoms with Crippen molar-refractivity contribution < 1.29 is 4.92 Å². The van der Waals surface area contributed by atoms with Gasteiger partial charge in [-0.2, -0.15) is 0 Å². The highest BCUT2D eigenvalue weighted by Crippen LogP contribution is 2.29. The van der Waals surface area contributed by atoms with Crippen LogP contribution in [0.15, 0.2) is 34.8 Å². The SMILES string of the molecule is Cc1cc(NCc2ccc(Cl)c(Br)c2)c([N+](=O)[O-])cc1C. The topological polar surface area (TPSA) is 55.2 Å². The van der Waals surface area contributed by atoms with Gasteiger partial charge in [0, 0.05) is 17.1 Å². The van der Waals surface area contributed by atoms with Crippen LogP contribution in [0.5, 0.6) is 0 Å². The summed E-state index contributed by atoms with van der Waals surface area (Å²) in [6, 6.07) is 8.96. The van der Waals surface area contributed by atoms with Gasteiger partial charge in [0.2, 0.25) is 0 Å². The van der Waals surface area contributed by atoms with Crippen LogP contribution in [0.2, 0.25) is 5.02 Å². The molecule has 0 amide bonds. The zero-order valence-electron chi connectivity index (χ0n) is 11.6. The lowest BCUT2D eigenvalue weighted by molar-refractivity contribution is -0.384. The van der Waals surface area contributed by atoms with E-state index < -0.39 is 0 Å². The summed E-state index contributed by atoms with van der Waals surface area (Å²) in [5.74, 6) is 0. The van der Waals surface area contributed by atoms with Crippen LogP contribution in [-0.2, 0) is 6.54 Å². The third-order valence-corrected chi connectivity index (χ3v) is 4.49. The molecular formula is C15H14BrClN2O2. The number of nitrogens with one attached hydrogen (secondary N) is 1. The number of nitro groups is 1. The summed E-state index contributed by atoms with van der Waals surface area (Å²) < 4.78 is 0.804. The monoisotopic (exact) mass is 368 g/mol. The number of hydrogen-bond donors (Lipinski definition) is 1. The summed E-state index contributed by atoms with van der Waals surface area (Å²) in [5.41, 5.74) is 3.51. The fourth-order valence-corrected chi connectivity index (χ4v) is 2.48. The number of anilines is 1. The highest BCUT2D eigenvalue weighted by molar-refractivity contribution is 9.10. The van der Waals surface area contributed by atoms with Crippen LogP contribution in [0.4, 0.5) is 11.4 Å². The van der Waals surface area contributed by atoms with E-state index in [-0.39, 0.29) is 10.6 Å². The number of aryl methyl sites for hydroxylation is 2. The lowest BCUT2D eigenvalue weighted by Gasteiger charge is -2.10. The maximum absolute atomic E-state index is 11.1. The van der Waals surface area contributed by atoms with Crippen LogP contribution in [-0.4, -0.2) is 4.92 Å². The molecule has 0 atom stereocenters. The van der Waals surface area contributed by atoms with Crippen LogP contribution >= 0.6 is 27.5 Å². The highest BCUT2D eigenvalue weighted by Gasteiger charge is 2.15. The summed E-state index contributed by atoms with van der Waals surface area (Å²) in [7, 11) is 0. The average Bonchev–Trinajstić information content (AvgIpc) is 2.43. The first-order valence-corrected chi connectivity index (χ1v) is 7.49. The number of halogens is 2. The summed E-state index contributed by atoms with van der Waals surface area (Å²) in [4.78, 5) is 10.8. The second-order valence-electron chi connectivity index (χ2n) is 4.81. The lowest BCUT2D eigenvalue weighted by Crippen LogP contribution is -2.04. The number of nitro benzene ring substituents is 1. The number of hydrogen-bond acceptors (Lipinski definition) is 3. The highest BCUT2D eigenvalue weighted by atomic mass is 79.9. The van der Waals surface area contributed by atoms with Gasteiger partial charge in [-0.25, -0.2) is 0 Å². The maximum Gasteiger partial charge on any atom is 0.292 e. The molecule has 0 aromatic heterocycles. The Morgan fingerprint density at radius 1 is 1.24 bits per heavy atom. The van der Waals surface area contributed by atoms with Gasteiger partial charge in [-0.05, 0) is 64.7 Å². The van der Waals surface area contributed by atoms with Gasteiger partial charge >= 0.3 is 0 Å². The number of benzene rings is 2. The van der Waals surface area contributed by atoms with Gasteiger partial charge in [-0.3, -0.25) is 10.1 Å². The Labute approximate surface area is 136 Å². The second kappa shape index (κ2) is 6.45. The number of rotatable bonds is 4. The van der Waals surface area contributed by atoms with Gasteiger partial charge < -0.3 is 5.32 Å². The zero-order valence-corrected chi connectivity index (χ0v) is 14.0. The molecule has 0 aliphatic heterocycles. The Morgan fingerprint density at radius 3 is 2.52 bits per heavy atom. The molecule has 1 N–H and O–H groups in total. The quantitative estimate of drug-likeness (QED) is 0.592. The smallest absolute Gasteiger partial charge is 0.292 e. The van der Waals surface area contributed by atoms with E-state index in [2.05, 4.69) is 21.2 Å². The molecule has 0 radical (unpaired) electrons. The van der Waals surface area contributed by atoms with Crippen molar-refractivity contribution in [3.05, 3.63) is 66.6 Å². The van der Waals surface area contributed by atoms with E-state index in [0.29, 0.717) is 17.3 Å². The first-order chi connectivity index (χ1) is 9.88. The van der Waals surface area contributed by atoms with Crippen molar-refractivity contribution >= 4 is 38.9 Å². The Balaban J connectivity index is 2.24. The van der Waals surface area contributed by atoms with Gasteiger partial charge in [0.05, 0.1) is 9.95 Å². The Hall–Kier alpha value is -1.59. The first-order valence-electron chi connectivity index (χ1n) is 6.32. The normalized spacial score (nSPS) is 10.5. The molecule has 0 unspecified atom stereocenters. The van der Waals surface area contributed by atoms with E-state index in [1.165, 1.54) is 0 Å². The molecule has 4 nitrogen and oxygen atoms in total. The maximum atomic E-state index is 11.1. The van der Waals surface area contributed by atoms with Crippen molar-refractivity contribution in [2.24, 2.45) is 0 Å². The van der Waals surface area contributed by atoms with E-state index in [9.17, 15) is 10.1 Å². The minimum Gasteiger partial charge on any atom is -0.375 e. The average molecular weight is 370 g/mol. The van der Waals surface area contributed by atoms with E-state index >= 15 is 0 Å². The molecule has 0 bridgehead atoms. The Kier molecular flexibility index (Phi) is 4.85. The van der Waals surface area contributed by atoms with Gasteiger partial charge in [-0.15, -0.1) is 0 Å². The van der Waals surface area contributed by atoms with Crippen molar-refractivity contribution in [3.8, 4) is 0 Å². The molecule has 0 saturated carbocycles. The largest absolute Gasteiger partial charge is 0.375 e. The fraction of sp³-hybridized carbons (Fsp3) is 0.200. The minimum absolute atomic E-state index is 0.0890. The van der Waals surface area contributed by atoms with Crippen molar-refractivity contribution in [3.63, 3.8) is 0 Å². The molecule has 2 aromatic carbocycles. The fourth-order valence-electron chi connectivity index (χ4n) is 1.94. The van der Waals surface area contributed by atoms with Crippen LogP contribution in [0, 0.1) is 24.0 Å². The first kappa shape index (κ1) is 15.8. The molecule has 0 aliphatic carbocycles. The molecule has 110 valence electrons. The Bertz CT molecular complexity index is 704. The third kappa shape index (κ3) is 3.74. The molecule has 0 saturated heterocycles. The third-order valence-electron chi connectivity index (χ3n) is 3.28. The summed E-state index contributed by atoms with van der Waals surface area (Å²) in [6.07, 6.45) is 0. The number of nitrogens with zero attached hydrogens (tertiary/aromatic N) is 1. The molecule has 2 aromatic rings. The molecule has 0 fully saturated rings.